The summed E-state index contributed by atoms with van der Waals surface area (Å²) in [5, 5.41) is 14.7. The smallest absolute Gasteiger partial charge is 0.271 e. The van der Waals surface area contributed by atoms with E-state index in [0.717, 1.165) is 27.7 Å². The summed E-state index contributed by atoms with van der Waals surface area (Å²) >= 11 is 0. The monoisotopic (exact) mass is 452 g/mol. The fourth-order valence-electron chi connectivity index (χ4n) is 3.92. The van der Waals surface area contributed by atoms with Crippen LogP contribution in [0, 0.1) is 18.3 Å². The van der Waals surface area contributed by atoms with E-state index in [4.69, 9.17) is 9.47 Å². The summed E-state index contributed by atoms with van der Waals surface area (Å²) in [5.74, 6) is 0.660. The van der Waals surface area contributed by atoms with Crippen LogP contribution in [0.15, 0.2) is 71.8 Å². The lowest BCUT2D eigenvalue weighted by atomic mass is 10.1. The van der Waals surface area contributed by atoms with E-state index in [9.17, 15) is 10.1 Å². The maximum absolute atomic E-state index is 12.7. The van der Waals surface area contributed by atoms with Crippen LogP contribution in [0.2, 0.25) is 0 Å². The van der Waals surface area contributed by atoms with Crippen molar-refractivity contribution in [2.75, 3.05) is 14.2 Å². The van der Waals surface area contributed by atoms with E-state index in [2.05, 4.69) is 21.2 Å². The third-order valence-electron chi connectivity index (χ3n) is 5.72. The molecule has 0 bridgehead atoms. The maximum atomic E-state index is 12.7. The molecule has 0 saturated carbocycles. The molecule has 170 valence electrons. The highest BCUT2D eigenvalue weighted by Gasteiger charge is 2.14. The number of rotatable bonds is 7. The van der Waals surface area contributed by atoms with Crippen molar-refractivity contribution in [3.63, 3.8) is 0 Å². The molecule has 1 N–H and O–H groups in total. The highest BCUT2D eigenvalue weighted by Crippen LogP contribution is 2.26. The molecule has 1 amide bonds. The van der Waals surface area contributed by atoms with Gasteiger partial charge in [-0.15, -0.1) is 0 Å². The zero-order chi connectivity index (χ0) is 24.1. The largest absolute Gasteiger partial charge is 0.497 e. The van der Waals surface area contributed by atoms with E-state index in [1.807, 2.05) is 55.5 Å². The zero-order valence-electron chi connectivity index (χ0n) is 19.2. The van der Waals surface area contributed by atoms with Gasteiger partial charge in [-0.05, 0) is 36.8 Å². The van der Waals surface area contributed by atoms with Gasteiger partial charge in [0.05, 0.1) is 32.1 Å². The Labute approximate surface area is 197 Å². The van der Waals surface area contributed by atoms with Gasteiger partial charge in [0, 0.05) is 40.3 Å². The minimum absolute atomic E-state index is 0.376. The SMILES string of the molecule is COc1cc(OC)cc(C(=O)N/N=C\c2c(C)n(Cc3ccccc3C#N)c3ccccc23)c1. The van der Waals surface area contributed by atoms with Crippen LogP contribution in [0.1, 0.15) is 32.7 Å². The summed E-state index contributed by atoms with van der Waals surface area (Å²) in [5.41, 5.74) is 7.46. The van der Waals surface area contributed by atoms with Crippen LogP contribution in [0.25, 0.3) is 10.9 Å². The molecule has 0 spiro atoms. The number of carbonyl (C=O) groups is 1. The van der Waals surface area contributed by atoms with Gasteiger partial charge in [-0.2, -0.15) is 10.4 Å². The third-order valence-corrected chi connectivity index (χ3v) is 5.72. The number of hydrogen-bond donors (Lipinski definition) is 1. The molecule has 0 aliphatic carbocycles. The number of hydrazone groups is 1. The summed E-state index contributed by atoms with van der Waals surface area (Å²) in [6.07, 6.45) is 1.65. The van der Waals surface area contributed by atoms with Crippen molar-refractivity contribution in [2.24, 2.45) is 5.10 Å². The molecule has 0 aliphatic rings. The summed E-state index contributed by atoms with van der Waals surface area (Å²) in [6, 6.07) is 22.8. The second-order valence-corrected chi connectivity index (χ2v) is 7.67. The Bertz CT molecular complexity index is 1410. The van der Waals surface area contributed by atoms with Crippen LogP contribution < -0.4 is 14.9 Å². The van der Waals surface area contributed by atoms with Gasteiger partial charge < -0.3 is 14.0 Å². The van der Waals surface area contributed by atoms with Crippen molar-refractivity contribution in [2.45, 2.75) is 13.5 Å². The highest BCUT2D eigenvalue weighted by molar-refractivity contribution is 6.02. The number of nitrogens with zero attached hydrogens (tertiary/aromatic N) is 3. The van der Waals surface area contributed by atoms with Gasteiger partial charge in [-0.1, -0.05) is 36.4 Å². The zero-order valence-corrected chi connectivity index (χ0v) is 19.2. The number of aromatic nitrogens is 1. The van der Waals surface area contributed by atoms with Gasteiger partial charge in [0.2, 0.25) is 0 Å². The predicted octanol–water partition coefficient (Wildman–Crippen LogP) is 4.65. The molecule has 0 saturated heterocycles. The predicted molar refractivity (Wildman–Crippen MR) is 132 cm³/mol. The second kappa shape index (κ2) is 9.92. The molecule has 4 rings (SSSR count). The Morgan fingerprint density at radius 3 is 2.44 bits per heavy atom. The molecule has 7 heteroatoms. The molecule has 3 aromatic carbocycles. The van der Waals surface area contributed by atoms with Gasteiger partial charge >= 0.3 is 0 Å². The topological polar surface area (TPSA) is 88.6 Å². The standard InChI is InChI=1S/C27H24N4O3/c1-18-25(16-29-30-27(32)21-12-22(33-2)14-23(13-21)34-3)24-10-6-7-11-26(24)31(18)17-20-9-5-4-8-19(20)15-28/h4-14,16H,17H2,1-3H3,(H,30,32)/b29-16-. The number of para-hydroxylation sites is 1. The van der Waals surface area contributed by atoms with Crippen molar-refractivity contribution < 1.29 is 14.3 Å². The van der Waals surface area contributed by atoms with Gasteiger partial charge in [0.1, 0.15) is 11.5 Å². The number of carbonyl (C=O) groups excluding carboxylic acids is 1. The fraction of sp³-hybridized carbons (Fsp3) is 0.148. The number of methoxy groups -OCH3 is 2. The molecule has 0 fully saturated rings. The van der Waals surface area contributed by atoms with E-state index in [1.54, 1.807) is 24.4 Å². The van der Waals surface area contributed by atoms with Crippen LogP contribution in [-0.4, -0.2) is 30.9 Å². The molecule has 4 aromatic rings. The van der Waals surface area contributed by atoms with Crippen molar-refractivity contribution in [3.8, 4) is 17.6 Å². The molecule has 7 nitrogen and oxygen atoms in total. The normalized spacial score (nSPS) is 10.9. The molecule has 0 atom stereocenters. The highest BCUT2D eigenvalue weighted by atomic mass is 16.5. The maximum Gasteiger partial charge on any atom is 0.271 e. The molecule has 34 heavy (non-hydrogen) atoms. The first-order chi connectivity index (χ1) is 16.5. The molecule has 0 unspecified atom stereocenters. The quantitative estimate of drug-likeness (QED) is 0.327. The lowest BCUT2D eigenvalue weighted by Crippen LogP contribution is -2.17. The minimum Gasteiger partial charge on any atom is -0.497 e. The van der Waals surface area contributed by atoms with E-state index in [0.29, 0.717) is 29.2 Å². The van der Waals surface area contributed by atoms with Crippen molar-refractivity contribution in [3.05, 3.63) is 94.7 Å². The van der Waals surface area contributed by atoms with Gasteiger partial charge in [-0.25, -0.2) is 5.43 Å². The van der Waals surface area contributed by atoms with Crippen molar-refractivity contribution in [1.29, 1.82) is 5.26 Å². The fourth-order valence-corrected chi connectivity index (χ4v) is 3.92. The Hall–Kier alpha value is -4.57. The molecular weight excluding hydrogens is 428 g/mol. The minimum atomic E-state index is -0.377. The number of fused-ring (bicyclic) bond motifs is 1. The Balaban J connectivity index is 1.64. The van der Waals surface area contributed by atoms with Crippen molar-refractivity contribution >= 4 is 23.0 Å². The van der Waals surface area contributed by atoms with Crippen LogP contribution in [0.4, 0.5) is 0 Å². The Morgan fingerprint density at radius 2 is 1.74 bits per heavy atom. The first-order valence-corrected chi connectivity index (χ1v) is 10.7. The Kier molecular flexibility index (Phi) is 6.60. The first kappa shape index (κ1) is 22.6. The summed E-state index contributed by atoms with van der Waals surface area (Å²) < 4.78 is 12.6. The summed E-state index contributed by atoms with van der Waals surface area (Å²) in [6.45, 7) is 2.56. The second-order valence-electron chi connectivity index (χ2n) is 7.67. The molecule has 0 radical (unpaired) electrons. The van der Waals surface area contributed by atoms with E-state index >= 15 is 0 Å². The number of benzene rings is 3. The van der Waals surface area contributed by atoms with E-state index < -0.39 is 0 Å². The van der Waals surface area contributed by atoms with Gasteiger partial charge in [-0.3, -0.25) is 4.79 Å². The van der Waals surface area contributed by atoms with Gasteiger partial charge in [0.15, 0.2) is 0 Å². The number of nitrogens with one attached hydrogen (secondary N) is 1. The Morgan fingerprint density at radius 1 is 1.06 bits per heavy atom. The van der Waals surface area contributed by atoms with E-state index in [1.165, 1.54) is 14.2 Å². The van der Waals surface area contributed by atoms with Crippen LogP contribution in [0.3, 0.4) is 0 Å². The molecule has 0 aliphatic heterocycles. The number of hydrogen-bond acceptors (Lipinski definition) is 5. The van der Waals surface area contributed by atoms with Crippen molar-refractivity contribution in [1.82, 2.24) is 9.99 Å². The number of amides is 1. The first-order valence-electron chi connectivity index (χ1n) is 10.7. The third kappa shape index (κ3) is 4.48. The summed E-state index contributed by atoms with van der Waals surface area (Å²) in [7, 11) is 3.06. The molecule has 1 aromatic heterocycles. The number of nitriles is 1. The van der Waals surface area contributed by atoms with Crippen LogP contribution in [-0.2, 0) is 6.54 Å². The van der Waals surface area contributed by atoms with Gasteiger partial charge in [0.25, 0.3) is 5.91 Å². The summed E-state index contributed by atoms with van der Waals surface area (Å²) in [4.78, 5) is 12.7. The average Bonchev–Trinajstić information content (AvgIpc) is 3.14. The van der Waals surface area contributed by atoms with E-state index in [-0.39, 0.29) is 5.91 Å². The number of ether oxygens (including phenoxy) is 2. The lowest BCUT2D eigenvalue weighted by molar-refractivity contribution is 0.0954. The molecule has 1 heterocycles. The van der Waals surface area contributed by atoms with Crippen LogP contribution in [0.5, 0.6) is 11.5 Å². The van der Waals surface area contributed by atoms with Crippen LogP contribution >= 0.6 is 0 Å². The average molecular weight is 453 g/mol. The molecular formula is C27H24N4O3. The lowest BCUT2D eigenvalue weighted by Gasteiger charge is -2.10.